The molecule has 29 heavy (non-hydrogen) atoms. The fraction of sp³-hybridized carbons (Fsp3) is 0.292. The van der Waals surface area contributed by atoms with Crippen LogP contribution in [0.5, 0.6) is 0 Å². The Bertz CT molecular complexity index is 1040. The Morgan fingerprint density at radius 2 is 2.00 bits per heavy atom. The highest BCUT2D eigenvalue weighted by Gasteiger charge is 2.55. The second-order valence-corrected chi connectivity index (χ2v) is 7.88. The van der Waals surface area contributed by atoms with E-state index in [1.165, 1.54) is 0 Å². The summed E-state index contributed by atoms with van der Waals surface area (Å²) < 4.78 is 5.63. The lowest BCUT2D eigenvalue weighted by molar-refractivity contribution is 0.0767. The van der Waals surface area contributed by atoms with Crippen molar-refractivity contribution in [3.8, 4) is 0 Å². The molecule has 5 heteroatoms. The van der Waals surface area contributed by atoms with Gasteiger partial charge in [-0.3, -0.25) is 9.59 Å². The predicted octanol–water partition coefficient (Wildman–Crippen LogP) is 3.86. The van der Waals surface area contributed by atoms with E-state index in [2.05, 4.69) is 11.0 Å². The molecule has 0 radical (unpaired) electrons. The first kappa shape index (κ1) is 17.8. The molecule has 2 aromatic rings. The van der Waals surface area contributed by atoms with E-state index in [9.17, 15) is 9.59 Å². The second-order valence-electron chi connectivity index (χ2n) is 7.88. The predicted molar refractivity (Wildman–Crippen MR) is 112 cm³/mol. The lowest BCUT2D eigenvalue weighted by Gasteiger charge is -2.20. The van der Waals surface area contributed by atoms with Crippen molar-refractivity contribution < 1.29 is 15.4 Å². The van der Waals surface area contributed by atoms with E-state index in [0.717, 1.165) is 30.6 Å². The molecule has 1 aromatic carbocycles. The van der Waals surface area contributed by atoms with Crippen molar-refractivity contribution in [3.63, 3.8) is 0 Å². The molecule has 1 aromatic heterocycles. The van der Waals surface area contributed by atoms with Gasteiger partial charge in [0.1, 0.15) is 5.76 Å². The van der Waals surface area contributed by atoms with Gasteiger partial charge in [0, 0.05) is 38.3 Å². The second kappa shape index (κ2) is 7.26. The van der Waals surface area contributed by atoms with E-state index in [4.69, 9.17) is 4.42 Å². The highest BCUT2D eigenvalue weighted by molar-refractivity contribution is 5.94. The largest absolute Gasteiger partial charge is 0.450 e. The van der Waals surface area contributed by atoms with Crippen LogP contribution in [-0.4, -0.2) is 36.3 Å². The number of hydrogen-bond donors (Lipinski definition) is 1. The van der Waals surface area contributed by atoms with E-state index in [1.807, 2.05) is 47.4 Å². The number of furan rings is 1. The Kier molecular flexibility index (Phi) is 4.45. The average molecular weight is 388 g/mol. The van der Waals surface area contributed by atoms with Crippen molar-refractivity contribution in [2.75, 3.05) is 19.6 Å². The third kappa shape index (κ3) is 3.45. The number of amides is 2. The van der Waals surface area contributed by atoms with Crippen LogP contribution in [0.3, 0.4) is 0 Å². The molecule has 2 heterocycles. The van der Waals surface area contributed by atoms with Gasteiger partial charge >= 0.3 is 0 Å². The van der Waals surface area contributed by atoms with E-state index < -0.39 is 0 Å². The molecular weight excluding hydrogens is 364 g/mol. The van der Waals surface area contributed by atoms with E-state index in [1.54, 1.807) is 18.2 Å². The third-order valence-corrected chi connectivity index (χ3v) is 6.14. The number of nitrogens with zero attached hydrogens (tertiary/aromatic N) is 1. The van der Waals surface area contributed by atoms with Gasteiger partial charge in [-0.2, -0.15) is 0 Å². The Labute approximate surface area is 170 Å². The smallest absolute Gasteiger partial charge is 0.287 e. The standard InChI is InChI=1S/C24H22N2O3.H2/c27-23(22-13-17-9-5-2-6-10-21(17)29-22)25-12-11-18-19-14-26(15-20(18)19)24(28)16-7-3-1-4-8-16;/h1-5,7-10,13,18-20H,11-12,14-15H2,(H,25,27);1H/t18?,19-,20+;. The first-order chi connectivity index (χ1) is 14.2. The first-order valence-electron chi connectivity index (χ1n) is 10.1. The molecule has 3 aliphatic rings. The third-order valence-electron chi connectivity index (χ3n) is 6.14. The summed E-state index contributed by atoms with van der Waals surface area (Å²) in [6, 6.07) is 11.2. The van der Waals surface area contributed by atoms with Gasteiger partial charge in [0.15, 0.2) is 5.76 Å². The lowest BCUT2D eigenvalue weighted by atomic mass is 10.1. The maximum absolute atomic E-state index is 12.5. The van der Waals surface area contributed by atoms with Gasteiger partial charge in [0.2, 0.25) is 0 Å². The number of carbonyl (C=O) groups excluding carboxylic acids is 2. The number of likely N-dealkylation sites (tertiary alicyclic amines) is 1. The Morgan fingerprint density at radius 3 is 2.79 bits per heavy atom. The van der Waals surface area contributed by atoms with Crippen LogP contribution in [0.4, 0.5) is 0 Å². The first-order valence-corrected chi connectivity index (χ1v) is 10.1. The molecule has 5 nitrogen and oxygen atoms in total. The maximum Gasteiger partial charge on any atom is 0.287 e. The van der Waals surface area contributed by atoms with Crippen molar-refractivity contribution in [1.82, 2.24) is 10.2 Å². The van der Waals surface area contributed by atoms with Crippen LogP contribution in [0.1, 0.15) is 40.1 Å². The summed E-state index contributed by atoms with van der Waals surface area (Å²) in [5.74, 6) is 2.66. The summed E-state index contributed by atoms with van der Waals surface area (Å²) in [7, 11) is 0. The molecule has 1 aliphatic heterocycles. The zero-order valence-electron chi connectivity index (χ0n) is 16.0. The normalized spacial score (nSPS) is 23.4. The quantitative estimate of drug-likeness (QED) is 0.791. The lowest BCUT2D eigenvalue weighted by Crippen LogP contribution is -2.32. The summed E-state index contributed by atoms with van der Waals surface area (Å²) in [5.41, 5.74) is 4.62. The minimum Gasteiger partial charge on any atom is -0.450 e. The van der Waals surface area contributed by atoms with Crippen molar-refractivity contribution in [2.45, 2.75) is 6.42 Å². The number of rotatable bonds is 5. The Balaban J connectivity index is 0.00000218. The molecular formula is C24H24N2O3. The van der Waals surface area contributed by atoms with Gasteiger partial charge in [-0.1, -0.05) is 30.4 Å². The molecule has 1 saturated heterocycles. The van der Waals surface area contributed by atoms with Crippen LogP contribution < -0.4 is 5.32 Å². The van der Waals surface area contributed by atoms with Crippen LogP contribution in [0.2, 0.25) is 0 Å². The minimum atomic E-state index is -0.185. The van der Waals surface area contributed by atoms with E-state index in [0.29, 0.717) is 35.8 Å². The molecule has 148 valence electrons. The Morgan fingerprint density at radius 1 is 1.21 bits per heavy atom. The maximum atomic E-state index is 12.5. The van der Waals surface area contributed by atoms with E-state index in [-0.39, 0.29) is 13.2 Å². The number of nitrogens with one attached hydrogen (secondary N) is 1. The number of allylic oxidation sites excluding steroid dienone is 2. The van der Waals surface area contributed by atoms with Gasteiger partial charge in [0.25, 0.3) is 11.8 Å². The van der Waals surface area contributed by atoms with Crippen LogP contribution in [0.15, 0.2) is 58.7 Å². The zero-order chi connectivity index (χ0) is 19.8. The summed E-state index contributed by atoms with van der Waals surface area (Å²) in [5, 5.41) is 2.96. The van der Waals surface area contributed by atoms with Crippen LogP contribution in [-0.2, 0) is 0 Å². The van der Waals surface area contributed by atoms with Crippen LogP contribution in [0, 0.1) is 17.8 Å². The van der Waals surface area contributed by atoms with Crippen molar-refractivity contribution in [2.24, 2.45) is 17.8 Å². The SMILES string of the molecule is O=C(NCCC1[C@H]2CN(C(=O)c3ccccc3)C[C@@H]12)c1cc2c(o1)C=C=CC=C2.[HH]. The van der Waals surface area contributed by atoms with Crippen molar-refractivity contribution in [1.29, 1.82) is 0 Å². The molecule has 1 N–H and O–H groups in total. The fourth-order valence-electron chi connectivity index (χ4n) is 4.55. The molecule has 5 rings (SSSR count). The van der Waals surface area contributed by atoms with Gasteiger partial charge in [-0.25, -0.2) is 0 Å². The Hall–Kier alpha value is -3.30. The summed E-state index contributed by atoms with van der Waals surface area (Å²) in [6.07, 6.45) is 8.25. The summed E-state index contributed by atoms with van der Waals surface area (Å²) in [6.45, 7) is 2.28. The highest BCUT2D eigenvalue weighted by Crippen LogP contribution is 2.53. The van der Waals surface area contributed by atoms with Crippen LogP contribution in [0.25, 0.3) is 12.2 Å². The molecule has 0 bridgehead atoms. The van der Waals surface area contributed by atoms with Gasteiger partial charge in [-0.05, 0) is 48.4 Å². The molecule has 1 unspecified atom stereocenters. The summed E-state index contributed by atoms with van der Waals surface area (Å²) >= 11 is 0. The average Bonchev–Trinajstić information content (AvgIpc) is 3.08. The van der Waals surface area contributed by atoms with Crippen molar-refractivity contribution in [3.05, 3.63) is 76.9 Å². The number of hydrogen-bond acceptors (Lipinski definition) is 3. The van der Waals surface area contributed by atoms with Gasteiger partial charge in [-0.15, -0.1) is 5.73 Å². The molecule has 0 spiro atoms. The molecule has 1 saturated carbocycles. The van der Waals surface area contributed by atoms with E-state index >= 15 is 0 Å². The number of piperidine rings is 1. The zero-order valence-corrected chi connectivity index (χ0v) is 16.0. The van der Waals surface area contributed by atoms with Gasteiger partial charge in [0.05, 0.1) is 0 Å². The molecule has 3 atom stereocenters. The van der Waals surface area contributed by atoms with Crippen LogP contribution >= 0.6 is 0 Å². The fourth-order valence-corrected chi connectivity index (χ4v) is 4.55. The van der Waals surface area contributed by atoms with Crippen molar-refractivity contribution >= 4 is 24.0 Å². The number of benzene rings is 1. The monoisotopic (exact) mass is 388 g/mol. The topological polar surface area (TPSA) is 62.6 Å². The highest BCUT2D eigenvalue weighted by atomic mass is 16.3. The molecule has 2 aliphatic carbocycles. The number of carbonyl (C=O) groups is 2. The molecule has 2 amide bonds. The summed E-state index contributed by atoms with van der Waals surface area (Å²) in [4.78, 5) is 26.9. The number of fused-ring (bicyclic) bond motifs is 2. The minimum absolute atomic E-state index is 0. The van der Waals surface area contributed by atoms with Gasteiger partial charge < -0.3 is 14.6 Å². The molecule has 2 fully saturated rings.